The van der Waals surface area contributed by atoms with E-state index in [-0.39, 0.29) is 12.8 Å². The van der Waals surface area contributed by atoms with Crippen LogP contribution < -0.4 is 15.2 Å². The summed E-state index contributed by atoms with van der Waals surface area (Å²) in [6, 6.07) is 2.74. The zero-order valence-electron chi connectivity index (χ0n) is 11.0. The average molecular weight is 271 g/mol. The fraction of sp³-hybridized carbons (Fsp3) is 0.462. The van der Waals surface area contributed by atoms with E-state index >= 15 is 0 Å². The molecule has 0 aliphatic rings. The van der Waals surface area contributed by atoms with Gasteiger partial charge in [-0.1, -0.05) is 0 Å². The first-order chi connectivity index (χ1) is 9.03. The van der Waals surface area contributed by atoms with Gasteiger partial charge in [0.25, 0.3) is 0 Å². The summed E-state index contributed by atoms with van der Waals surface area (Å²) in [5.74, 6) is -0.195. The molecular formula is C13H18FNO4. The monoisotopic (exact) mass is 271 g/mol. The lowest BCUT2D eigenvalue weighted by atomic mass is 9.99. The molecule has 1 aromatic carbocycles. The lowest BCUT2D eigenvalue weighted by Crippen LogP contribution is -2.13. The summed E-state index contributed by atoms with van der Waals surface area (Å²) in [4.78, 5) is 10.5. The highest BCUT2D eigenvalue weighted by atomic mass is 19.1. The molecule has 1 unspecified atom stereocenters. The second-order valence-corrected chi connectivity index (χ2v) is 4.09. The van der Waals surface area contributed by atoms with Crippen molar-refractivity contribution in [3.05, 3.63) is 23.3 Å². The van der Waals surface area contributed by atoms with Crippen LogP contribution in [0.1, 0.15) is 30.0 Å². The Morgan fingerprint density at radius 1 is 1.42 bits per heavy atom. The average Bonchev–Trinajstić information content (AvgIpc) is 2.42. The Balaban J connectivity index is 3.04. The Morgan fingerprint density at radius 3 is 2.58 bits per heavy atom. The standard InChI is InChI=1S/C13H18FNO4/c1-18-11-6-8(10(15)3-4-12(16)17)5-9(7-14)13(11)19-2/h5-6,10H,3-4,7,15H2,1-2H3,(H,16,17). The maximum atomic E-state index is 13.0. The van der Waals surface area contributed by atoms with Gasteiger partial charge in [0, 0.05) is 18.0 Å². The number of nitrogens with two attached hydrogens (primary N) is 1. The molecule has 6 heteroatoms. The fourth-order valence-corrected chi connectivity index (χ4v) is 1.83. The topological polar surface area (TPSA) is 81.8 Å². The molecule has 0 bridgehead atoms. The predicted octanol–water partition coefficient (Wildman–Crippen LogP) is 2.04. The molecule has 0 amide bonds. The van der Waals surface area contributed by atoms with Crippen LogP contribution in [0.4, 0.5) is 4.39 Å². The molecule has 0 aliphatic carbocycles. The van der Waals surface area contributed by atoms with Crippen molar-refractivity contribution < 1.29 is 23.8 Å². The molecule has 0 spiro atoms. The van der Waals surface area contributed by atoms with Crippen LogP contribution in [0, 0.1) is 0 Å². The van der Waals surface area contributed by atoms with Gasteiger partial charge in [-0.05, 0) is 24.1 Å². The van der Waals surface area contributed by atoms with Crippen LogP contribution in [0.25, 0.3) is 0 Å². The van der Waals surface area contributed by atoms with Crippen LogP contribution in [-0.4, -0.2) is 25.3 Å². The van der Waals surface area contributed by atoms with E-state index in [0.717, 1.165) is 0 Å². The molecule has 5 nitrogen and oxygen atoms in total. The van der Waals surface area contributed by atoms with Gasteiger partial charge in [0.05, 0.1) is 14.2 Å². The highest BCUT2D eigenvalue weighted by Gasteiger charge is 2.16. The number of ether oxygens (including phenoxy) is 2. The van der Waals surface area contributed by atoms with Gasteiger partial charge in [-0.25, -0.2) is 4.39 Å². The summed E-state index contributed by atoms with van der Waals surface area (Å²) in [5.41, 5.74) is 6.87. The SMILES string of the molecule is COc1cc(C(N)CCC(=O)O)cc(CF)c1OC. The van der Waals surface area contributed by atoms with Crippen molar-refractivity contribution >= 4 is 5.97 Å². The number of carboxylic acid groups (broad SMARTS) is 1. The van der Waals surface area contributed by atoms with Crippen molar-refractivity contribution in [2.24, 2.45) is 5.73 Å². The van der Waals surface area contributed by atoms with Crippen molar-refractivity contribution in [3.63, 3.8) is 0 Å². The van der Waals surface area contributed by atoms with Gasteiger partial charge in [0.1, 0.15) is 6.67 Å². The van der Waals surface area contributed by atoms with Crippen LogP contribution in [0.15, 0.2) is 12.1 Å². The summed E-state index contributed by atoms with van der Waals surface area (Å²) < 4.78 is 23.2. The van der Waals surface area contributed by atoms with Crippen LogP contribution >= 0.6 is 0 Å². The van der Waals surface area contributed by atoms with E-state index in [1.807, 2.05) is 0 Å². The normalized spacial score (nSPS) is 12.0. The Bertz CT molecular complexity index is 425. The van der Waals surface area contributed by atoms with E-state index < -0.39 is 18.7 Å². The minimum Gasteiger partial charge on any atom is -0.493 e. The molecule has 1 atom stereocenters. The van der Waals surface area contributed by atoms with Crippen molar-refractivity contribution in [2.75, 3.05) is 14.2 Å². The zero-order valence-corrected chi connectivity index (χ0v) is 11.0. The highest BCUT2D eigenvalue weighted by Crippen LogP contribution is 2.35. The van der Waals surface area contributed by atoms with E-state index in [1.54, 1.807) is 12.1 Å². The van der Waals surface area contributed by atoms with Gasteiger partial charge >= 0.3 is 5.97 Å². The second kappa shape index (κ2) is 6.94. The van der Waals surface area contributed by atoms with E-state index in [4.69, 9.17) is 20.3 Å². The minimum absolute atomic E-state index is 0.0412. The van der Waals surface area contributed by atoms with Crippen molar-refractivity contribution in [3.8, 4) is 11.5 Å². The predicted molar refractivity (Wildman–Crippen MR) is 68.2 cm³/mol. The second-order valence-electron chi connectivity index (χ2n) is 4.09. The Hall–Kier alpha value is -1.82. The number of alkyl halides is 1. The largest absolute Gasteiger partial charge is 0.493 e. The van der Waals surface area contributed by atoms with E-state index in [2.05, 4.69) is 0 Å². The lowest BCUT2D eigenvalue weighted by molar-refractivity contribution is -0.137. The molecule has 0 fully saturated rings. The maximum absolute atomic E-state index is 13.0. The third-order valence-electron chi connectivity index (χ3n) is 2.82. The Labute approximate surface area is 111 Å². The Morgan fingerprint density at radius 2 is 2.11 bits per heavy atom. The first kappa shape index (κ1) is 15.2. The van der Waals surface area contributed by atoms with Gasteiger partial charge in [0.2, 0.25) is 0 Å². The summed E-state index contributed by atoms with van der Waals surface area (Å²) >= 11 is 0. The van der Waals surface area contributed by atoms with Gasteiger partial charge < -0.3 is 20.3 Å². The van der Waals surface area contributed by atoms with Crippen molar-refractivity contribution in [2.45, 2.75) is 25.6 Å². The van der Waals surface area contributed by atoms with Crippen molar-refractivity contribution in [1.29, 1.82) is 0 Å². The Kier molecular flexibility index (Phi) is 5.57. The first-order valence-electron chi connectivity index (χ1n) is 5.81. The van der Waals surface area contributed by atoms with Crippen LogP contribution in [0.3, 0.4) is 0 Å². The minimum atomic E-state index is -0.915. The molecular weight excluding hydrogens is 253 g/mol. The van der Waals surface area contributed by atoms with Gasteiger partial charge in [-0.2, -0.15) is 0 Å². The van der Waals surface area contributed by atoms with Crippen LogP contribution in [0.5, 0.6) is 11.5 Å². The molecule has 0 saturated heterocycles. The lowest BCUT2D eigenvalue weighted by Gasteiger charge is -2.17. The molecule has 3 N–H and O–H groups in total. The third-order valence-corrected chi connectivity index (χ3v) is 2.82. The summed E-state index contributed by atoms with van der Waals surface area (Å²) in [6.45, 7) is -0.709. The van der Waals surface area contributed by atoms with Gasteiger partial charge in [0.15, 0.2) is 11.5 Å². The molecule has 1 aromatic rings. The quantitative estimate of drug-likeness (QED) is 0.793. The molecule has 0 radical (unpaired) electrons. The number of carbonyl (C=O) groups is 1. The molecule has 106 valence electrons. The summed E-state index contributed by atoms with van der Waals surface area (Å²) in [7, 11) is 2.88. The fourth-order valence-electron chi connectivity index (χ4n) is 1.83. The molecule has 0 aromatic heterocycles. The maximum Gasteiger partial charge on any atom is 0.303 e. The van der Waals surface area contributed by atoms with Gasteiger partial charge in [-0.3, -0.25) is 4.79 Å². The number of hydrogen-bond acceptors (Lipinski definition) is 4. The number of halogens is 1. The highest BCUT2D eigenvalue weighted by molar-refractivity contribution is 5.66. The smallest absolute Gasteiger partial charge is 0.303 e. The van der Waals surface area contributed by atoms with E-state index in [9.17, 15) is 9.18 Å². The number of aliphatic carboxylic acids is 1. The van der Waals surface area contributed by atoms with Crippen LogP contribution in [0.2, 0.25) is 0 Å². The molecule has 0 saturated carbocycles. The van der Waals surface area contributed by atoms with Crippen LogP contribution in [-0.2, 0) is 11.5 Å². The summed E-state index contributed by atoms with van der Waals surface area (Å²) in [5, 5.41) is 8.63. The zero-order chi connectivity index (χ0) is 14.4. The molecule has 0 heterocycles. The molecule has 1 rings (SSSR count). The number of carboxylic acids is 1. The van der Waals surface area contributed by atoms with E-state index in [1.165, 1.54) is 14.2 Å². The number of rotatable bonds is 7. The first-order valence-corrected chi connectivity index (χ1v) is 5.81. The number of hydrogen-bond donors (Lipinski definition) is 2. The third kappa shape index (κ3) is 3.82. The molecule has 19 heavy (non-hydrogen) atoms. The van der Waals surface area contributed by atoms with E-state index in [0.29, 0.717) is 22.6 Å². The van der Waals surface area contributed by atoms with Crippen molar-refractivity contribution in [1.82, 2.24) is 0 Å². The number of benzene rings is 1. The number of methoxy groups -OCH3 is 2. The van der Waals surface area contributed by atoms with Gasteiger partial charge in [-0.15, -0.1) is 0 Å². The molecule has 0 aliphatic heterocycles. The summed E-state index contributed by atoms with van der Waals surface area (Å²) in [6.07, 6.45) is 0.233.